The van der Waals surface area contributed by atoms with Gasteiger partial charge in [0, 0.05) is 12.3 Å². The van der Waals surface area contributed by atoms with Crippen LogP contribution < -0.4 is 0 Å². The monoisotopic (exact) mass is 162 g/mol. The Balaban J connectivity index is 1.93. The van der Waals surface area contributed by atoms with Crippen LogP contribution in [0.1, 0.15) is 25.7 Å². The molecule has 0 N–H and O–H groups in total. The van der Waals surface area contributed by atoms with Gasteiger partial charge in [-0.05, 0) is 48.9 Å². The molecule has 1 nitrogen and oxygen atoms in total. The molecule has 0 aromatic heterocycles. The van der Waals surface area contributed by atoms with Crippen LogP contribution in [-0.4, -0.2) is 5.78 Å². The quantitative estimate of drug-likeness (QED) is 0.531. The molecule has 64 valence electrons. The number of fused-ring (bicyclic) bond motifs is 2. The first-order chi connectivity index (χ1) is 5.86. The van der Waals surface area contributed by atoms with Crippen molar-refractivity contribution < 1.29 is 4.79 Å². The molecule has 12 heavy (non-hydrogen) atoms. The summed E-state index contributed by atoms with van der Waals surface area (Å²) in [6.45, 7) is 0. The van der Waals surface area contributed by atoms with E-state index < -0.39 is 0 Å². The van der Waals surface area contributed by atoms with Crippen LogP contribution in [0.15, 0.2) is 0 Å². The molecule has 4 rings (SSSR count). The summed E-state index contributed by atoms with van der Waals surface area (Å²) in [5.74, 6) is 5.75. The van der Waals surface area contributed by atoms with E-state index in [2.05, 4.69) is 0 Å². The Hall–Kier alpha value is -0.330. The molecule has 0 aromatic carbocycles. The topological polar surface area (TPSA) is 17.1 Å². The van der Waals surface area contributed by atoms with Gasteiger partial charge in [-0.3, -0.25) is 4.79 Å². The van der Waals surface area contributed by atoms with Crippen LogP contribution in [-0.2, 0) is 4.79 Å². The molecule has 4 aliphatic rings. The standard InChI is InChI=1S/C11H14O/c12-10-4-8-5-1-2-6-7(5)3-9(8)11(6)10/h5-9,11H,1-4H2/t5-,6+,7+,8+,9-,11+/m1/s1. The highest BCUT2D eigenvalue weighted by atomic mass is 16.1. The van der Waals surface area contributed by atoms with Gasteiger partial charge in [0.05, 0.1) is 0 Å². The zero-order valence-corrected chi connectivity index (χ0v) is 7.20. The summed E-state index contributed by atoms with van der Waals surface area (Å²) in [6, 6.07) is 0. The Kier molecular flexibility index (Phi) is 0.843. The number of hydrogen-bond acceptors (Lipinski definition) is 1. The van der Waals surface area contributed by atoms with Crippen molar-refractivity contribution in [1.29, 1.82) is 0 Å². The third-order valence-corrected chi connectivity index (χ3v) is 5.31. The van der Waals surface area contributed by atoms with E-state index in [1.165, 1.54) is 19.3 Å². The lowest BCUT2D eigenvalue weighted by Crippen LogP contribution is -2.23. The summed E-state index contributed by atoms with van der Waals surface area (Å²) >= 11 is 0. The maximum absolute atomic E-state index is 11.7. The number of carbonyl (C=O) groups is 1. The Labute approximate surface area is 72.5 Å². The third kappa shape index (κ3) is 0.439. The second kappa shape index (κ2) is 1.64. The lowest BCUT2D eigenvalue weighted by atomic mass is 9.80. The van der Waals surface area contributed by atoms with Gasteiger partial charge < -0.3 is 0 Å². The molecule has 2 bridgehead atoms. The Morgan fingerprint density at radius 2 is 1.75 bits per heavy atom. The van der Waals surface area contributed by atoms with Gasteiger partial charge in [0.25, 0.3) is 0 Å². The molecule has 0 aromatic rings. The number of Topliss-reactive ketones (excluding diaryl/α,β-unsaturated/α-hetero) is 1. The fraction of sp³-hybridized carbons (Fsp3) is 0.909. The van der Waals surface area contributed by atoms with E-state index in [4.69, 9.17) is 0 Å². The van der Waals surface area contributed by atoms with Crippen LogP contribution in [0.25, 0.3) is 0 Å². The van der Waals surface area contributed by atoms with Crippen LogP contribution >= 0.6 is 0 Å². The molecule has 0 saturated heterocycles. The molecule has 0 amide bonds. The fourth-order valence-corrected chi connectivity index (χ4v) is 5.14. The molecule has 4 aliphatic carbocycles. The zero-order chi connectivity index (χ0) is 7.87. The van der Waals surface area contributed by atoms with Gasteiger partial charge in [-0.2, -0.15) is 0 Å². The number of ketones is 1. The predicted molar refractivity (Wildman–Crippen MR) is 44.4 cm³/mol. The van der Waals surface area contributed by atoms with Crippen LogP contribution in [0.3, 0.4) is 0 Å². The number of carbonyl (C=O) groups excluding carboxylic acids is 1. The summed E-state index contributed by atoms with van der Waals surface area (Å²) < 4.78 is 0. The third-order valence-electron chi connectivity index (χ3n) is 5.31. The first-order valence-corrected chi connectivity index (χ1v) is 5.39. The first kappa shape index (κ1) is 6.17. The number of hydrogen-bond donors (Lipinski definition) is 0. The smallest absolute Gasteiger partial charge is 0.136 e. The molecule has 6 atom stereocenters. The average molecular weight is 162 g/mol. The summed E-state index contributed by atoms with van der Waals surface area (Å²) in [5, 5.41) is 0. The van der Waals surface area contributed by atoms with Gasteiger partial charge in [-0.1, -0.05) is 0 Å². The van der Waals surface area contributed by atoms with Crippen molar-refractivity contribution in [2.75, 3.05) is 0 Å². The van der Waals surface area contributed by atoms with Crippen LogP contribution in [0.5, 0.6) is 0 Å². The summed E-state index contributed by atoms with van der Waals surface area (Å²) in [6.07, 6.45) is 5.24. The van der Waals surface area contributed by atoms with Crippen molar-refractivity contribution in [2.45, 2.75) is 25.7 Å². The largest absolute Gasteiger partial charge is 0.299 e. The van der Waals surface area contributed by atoms with Gasteiger partial charge in [-0.25, -0.2) is 0 Å². The van der Waals surface area contributed by atoms with Crippen LogP contribution in [0.4, 0.5) is 0 Å². The van der Waals surface area contributed by atoms with Crippen LogP contribution in [0.2, 0.25) is 0 Å². The van der Waals surface area contributed by atoms with E-state index in [-0.39, 0.29) is 0 Å². The van der Waals surface area contributed by atoms with E-state index in [9.17, 15) is 4.79 Å². The minimum atomic E-state index is 0.554. The SMILES string of the molecule is O=C1C[C@H]2[C@@H]3CC[C@H]4[C@H]3C[C@H]2[C@@H]14. The molecule has 0 unspecified atom stereocenters. The van der Waals surface area contributed by atoms with Crippen molar-refractivity contribution >= 4 is 5.78 Å². The van der Waals surface area contributed by atoms with Gasteiger partial charge in [0.2, 0.25) is 0 Å². The van der Waals surface area contributed by atoms with E-state index in [0.717, 1.165) is 36.0 Å². The molecule has 0 heterocycles. The molecule has 4 saturated carbocycles. The van der Waals surface area contributed by atoms with Crippen molar-refractivity contribution in [2.24, 2.45) is 35.5 Å². The highest BCUT2D eigenvalue weighted by Crippen LogP contribution is 2.69. The van der Waals surface area contributed by atoms with Gasteiger partial charge in [-0.15, -0.1) is 0 Å². The summed E-state index contributed by atoms with van der Waals surface area (Å²) in [7, 11) is 0. The molecule has 0 spiro atoms. The Morgan fingerprint density at radius 1 is 0.917 bits per heavy atom. The maximum atomic E-state index is 11.7. The first-order valence-electron chi connectivity index (χ1n) is 5.39. The maximum Gasteiger partial charge on any atom is 0.136 e. The second-order valence-electron chi connectivity index (χ2n) is 5.33. The summed E-state index contributed by atoms with van der Waals surface area (Å²) in [4.78, 5) is 11.7. The molecular weight excluding hydrogens is 148 g/mol. The van der Waals surface area contributed by atoms with E-state index >= 15 is 0 Å². The lowest BCUT2D eigenvalue weighted by Gasteiger charge is -2.24. The molecule has 1 heteroatoms. The average Bonchev–Trinajstić information content (AvgIpc) is 2.58. The van der Waals surface area contributed by atoms with E-state index in [1.807, 2.05) is 0 Å². The molecule has 0 radical (unpaired) electrons. The normalized spacial score (nSPS) is 65.2. The van der Waals surface area contributed by atoms with Gasteiger partial charge in [0.15, 0.2) is 0 Å². The van der Waals surface area contributed by atoms with Crippen molar-refractivity contribution in [3.05, 3.63) is 0 Å². The minimum absolute atomic E-state index is 0.554. The van der Waals surface area contributed by atoms with Crippen molar-refractivity contribution in [3.63, 3.8) is 0 Å². The predicted octanol–water partition coefficient (Wildman–Crippen LogP) is 1.87. The molecule has 0 aliphatic heterocycles. The molecular formula is C11H14O. The zero-order valence-electron chi connectivity index (χ0n) is 7.20. The van der Waals surface area contributed by atoms with E-state index in [0.29, 0.717) is 11.7 Å². The van der Waals surface area contributed by atoms with Gasteiger partial charge >= 0.3 is 0 Å². The Bertz CT molecular complexity index is 266. The van der Waals surface area contributed by atoms with E-state index in [1.54, 1.807) is 0 Å². The Morgan fingerprint density at radius 3 is 2.67 bits per heavy atom. The van der Waals surface area contributed by atoms with Gasteiger partial charge in [0.1, 0.15) is 5.78 Å². The van der Waals surface area contributed by atoms with Crippen molar-refractivity contribution in [3.8, 4) is 0 Å². The highest BCUT2D eigenvalue weighted by molar-refractivity contribution is 5.85. The van der Waals surface area contributed by atoms with Crippen molar-refractivity contribution in [1.82, 2.24) is 0 Å². The number of rotatable bonds is 0. The highest BCUT2D eigenvalue weighted by Gasteiger charge is 2.66. The van der Waals surface area contributed by atoms with Crippen LogP contribution in [0, 0.1) is 35.5 Å². The fourth-order valence-electron chi connectivity index (χ4n) is 5.14. The summed E-state index contributed by atoms with van der Waals surface area (Å²) in [5.41, 5.74) is 0. The molecule has 4 fully saturated rings. The second-order valence-corrected chi connectivity index (χ2v) is 5.33. The lowest BCUT2D eigenvalue weighted by molar-refractivity contribution is -0.122. The minimum Gasteiger partial charge on any atom is -0.299 e.